The first kappa shape index (κ1) is 22.9. The molecule has 6 nitrogen and oxygen atoms in total. The van der Waals surface area contributed by atoms with Gasteiger partial charge in [0.25, 0.3) is 5.97 Å². The summed E-state index contributed by atoms with van der Waals surface area (Å²) in [5.74, 6) is -1.92. The Bertz CT molecular complexity index is 124. The quantitative estimate of drug-likeness (QED) is 0.274. The summed E-state index contributed by atoms with van der Waals surface area (Å²) >= 11 is 4.09. The Labute approximate surface area is 104 Å². The second kappa shape index (κ2) is 17.6. The number of carbonyl (C=O) groups is 2. The maximum absolute atomic E-state index is 9.00. The predicted octanol–water partition coefficient (Wildman–Crippen LogP) is -4.96. The Hall–Kier alpha value is -0.370. The predicted molar refractivity (Wildman–Crippen MR) is 45.0 cm³/mol. The van der Waals surface area contributed by atoms with Crippen molar-refractivity contribution in [1.82, 2.24) is 0 Å². The van der Waals surface area contributed by atoms with E-state index in [9.17, 15) is 0 Å². The molecule has 0 heterocycles. The molecule has 0 bridgehead atoms. The monoisotopic (exact) mass is 218 g/mol. The van der Waals surface area contributed by atoms with E-state index in [0.29, 0.717) is 0 Å². The Balaban J connectivity index is -0.0000000450. The molecule has 0 unspecified atom stereocenters. The molecule has 0 aromatic rings. The summed E-state index contributed by atoms with van der Waals surface area (Å²) in [6, 6.07) is 0. The van der Waals surface area contributed by atoms with Gasteiger partial charge in [-0.2, -0.15) is 0 Å². The van der Waals surface area contributed by atoms with Crippen LogP contribution in [-0.2, 0) is 9.59 Å². The number of aliphatic carboxylic acids is 2. The van der Waals surface area contributed by atoms with Crippen LogP contribution in [0.25, 0.3) is 0 Å². The molecule has 0 aliphatic carbocycles. The molecule has 5 N–H and O–H groups in total. The van der Waals surface area contributed by atoms with Crippen LogP contribution in [0.5, 0.6) is 0 Å². The normalized spacial score (nSPS) is 5.69. The molecular formula is C5H11N2NaO4S. The third-order valence-corrected chi connectivity index (χ3v) is 0. The molecule has 0 saturated heterocycles. The number of hydrogen-bond donors (Lipinski definition) is 3. The van der Waals surface area contributed by atoms with Crippen molar-refractivity contribution >= 4 is 29.3 Å². The van der Waals surface area contributed by atoms with Crippen molar-refractivity contribution in [3.05, 3.63) is 0 Å². The summed E-state index contributed by atoms with van der Waals surface area (Å²) in [5.41, 5.74) is 9.24. The van der Waals surface area contributed by atoms with E-state index in [-0.39, 0.29) is 34.7 Å². The molecule has 0 aromatic heterocycles. The second-order valence-electron chi connectivity index (χ2n) is 1.41. The fraction of sp³-hybridized carbons (Fsp3) is 0.400. The maximum atomic E-state index is 9.00. The first-order chi connectivity index (χ1) is 5.20. The van der Waals surface area contributed by atoms with Gasteiger partial charge in [-0.1, -0.05) is 0 Å². The topological polar surface area (TPSA) is 129 Å². The van der Waals surface area contributed by atoms with Gasteiger partial charge < -0.3 is 26.5 Å². The van der Waals surface area contributed by atoms with Crippen LogP contribution in [0.1, 0.15) is 13.8 Å². The molecule has 0 spiro atoms. The van der Waals surface area contributed by atoms with E-state index >= 15 is 0 Å². The van der Waals surface area contributed by atoms with Crippen molar-refractivity contribution in [2.75, 3.05) is 0 Å². The third-order valence-electron chi connectivity index (χ3n) is 0. The number of rotatable bonds is 0. The third kappa shape index (κ3) is 7880. The van der Waals surface area contributed by atoms with Crippen LogP contribution in [0.3, 0.4) is 0 Å². The van der Waals surface area contributed by atoms with E-state index in [2.05, 4.69) is 23.7 Å². The molecule has 0 amide bonds. The van der Waals surface area contributed by atoms with E-state index in [4.69, 9.17) is 19.8 Å². The van der Waals surface area contributed by atoms with Crippen LogP contribution in [0.2, 0.25) is 0 Å². The van der Waals surface area contributed by atoms with Gasteiger partial charge in [-0.3, -0.25) is 4.79 Å². The zero-order valence-corrected chi connectivity index (χ0v) is 10.6. The Morgan fingerprint density at radius 3 is 1.31 bits per heavy atom. The minimum Gasteiger partial charge on any atom is -0.550 e. The molecular weight excluding hydrogens is 207 g/mol. The summed E-state index contributed by atoms with van der Waals surface area (Å²) < 4.78 is 0. The summed E-state index contributed by atoms with van der Waals surface area (Å²) in [7, 11) is 0. The van der Waals surface area contributed by atoms with Crippen molar-refractivity contribution in [2.24, 2.45) is 11.5 Å². The Kier molecular flexibility index (Phi) is 31.1. The molecule has 0 aliphatic rings. The first-order valence-corrected chi connectivity index (χ1v) is 3.03. The smallest absolute Gasteiger partial charge is 0.550 e. The van der Waals surface area contributed by atoms with Crippen molar-refractivity contribution < 1.29 is 49.4 Å². The van der Waals surface area contributed by atoms with Gasteiger partial charge in [-0.15, -0.1) is 0 Å². The van der Waals surface area contributed by atoms with E-state index in [1.165, 1.54) is 0 Å². The Morgan fingerprint density at radius 2 is 1.31 bits per heavy atom. The summed E-state index contributed by atoms with van der Waals surface area (Å²) in [4.78, 5) is 17.9. The fourth-order valence-electron chi connectivity index (χ4n) is 0. The van der Waals surface area contributed by atoms with Gasteiger partial charge >= 0.3 is 29.6 Å². The number of nitrogens with two attached hydrogens (primary N) is 2. The van der Waals surface area contributed by atoms with Gasteiger partial charge in [0.15, 0.2) is 5.11 Å². The van der Waals surface area contributed by atoms with E-state index in [0.717, 1.165) is 13.8 Å². The van der Waals surface area contributed by atoms with Gasteiger partial charge in [-0.05, 0) is 19.1 Å². The first-order valence-electron chi connectivity index (χ1n) is 2.62. The number of hydrogen-bond acceptors (Lipinski definition) is 4. The summed E-state index contributed by atoms with van der Waals surface area (Å²) in [6.45, 7) is 2.06. The number of carbonyl (C=O) groups excluding carboxylic acids is 1. The summed E-state index contributed by atoms with van der Waals surface area (Å²) in [5, 5.41) is 16.3. The van der Waals surface area contributed by atoms with Gasteiger partial charge in [-0.25, -0.2) is 0 Å². The molecule has 13 heavy (non-hydrogen) atoms. The molecule has 0 radical (unpaired) electrons. The summed E-state index contributed by atoms with van der Waals surface area (Å²) in [6.07, 6.45) is 0. The molecule has 8 heteroatoms. The van der Waals surface area contributed by atoms with Crippen LogP contribution >= 0.6 is 12.2 Å². The van der Waals surface area contributed by atoms with Gasteiger partial charge in [0, 0.05) is 12.9 Å². The molecule has 72 valence electrons. The average Bonchev–Trinajstić information content (AvgIpc) is 1.54. The van der Waals surface area contributed by atoms with Crippen LogP contribution in [-0.4, -0.2) is 22.2 Å². The average molecular weight is 218 g/mol. The molecule has 0 fully saturated rings. The van der Waals surface area contributed by atoms with Crippen molar-refractivity contribution in [3.8, 4) is 0 Å². The fourth-order valence-corrected chi connectivity index (χ4v) is 0. The number of carboxylic acid groups (broad SMARTS) is 2. The largest absolute Gasteiger partial charge is 1.00 e. The van der Waals surface area contributed by atoms with Crippen molar-refractivity contribution in [3.63, 3.8) is 0 Å². The van der Waals surface area contributed by atoms with E-state index in [1.54, 1.807) is 0 Å². The zero-order valence-electron chi connectivity index (χ0n) is 7.73. The standard InChI is InChI=1S/2C2H4O2.CH4N2S.Na/c2*1-2(3)4;2-1(3)4;/h2*1H3,(H,3,4);(H4,2,3,4);/q;;;+1/p-1. The molecule has 0 rings (SSSR count). The van der Waals surface area contributed by atoms with Crippen LogP contribution in [0, 0.1) is 0 Å². The Morgan fingerprint density at radius 1 is 1.31 bits per heavy atom. The van der Waals surface area contributed by atoms with Crippen LogP contribution in [0.4, 0.5) is 0 Å². The van der Waals surface area contributed by atoms with E-state index in [1.807, 2.05) is 0 Å². The molecule has 0 saturated carbocycles. The van der Waals surface area contributed by atoms with Gasteiger partial charge in [0.1, 0.15) is 0 Å². The minimum atomic E-state index is -1.08. The molecule has 0 atom stereocenters. The number of thiocarbonyl (C=S) groups is 1. The van der Waals surface area contributed by atoms with Gasteiger partial charge in [0.2, 0.25) is 0 Å². The minimum absolute atomic E-state index is 0. The number of carboxylic acids is 2. The molecule has 0 aliphatic heterocycles. The van der Waals surface area contributed by atoms with Crippen LogP contribution < -0.4 is 46.1 Å². The van der Waals surface area contributed by atoms with Gasteiger partial charge in [0.05, 0.1) is 0 Å². The second-order valence-corrected chi connectivity index (χ2v) is 1.88. The van der Waals surface area contributed by atoms with Crippen molar-refractivity contribution in [2.45, 2.75) is 13.8 Å². The SMILES string of the molecule is CC(=O)O.CC(=O)[O-].NC(N)=S.[Na+]. The van der Waals surface area contributed by atoms with Crippen LogP contribution in [0.15, 0.2) is 0 Å². The van der Waals surface area contributed by atoms with Crippen molar-refractivity contribution in [1.29, 1.82) is 0 Å². The maximum Gasteiger partial charge on any atom is 1.00 e. The molecule has 0 aromatic carbocycles. The zero-order chi connectivity index (χ0) is 10.7. The van der Waals surface area contributed by atoms with E-state index < -0.39 is 11.9 Å².